The molecule has 0 aromatic rings. The molecule has 0 heterocycles. The summed E-state index contributed by atoms with van der Waals surface area (Å²) in [5, 5.41) is 0. The highest BCUT2D eigenvalue weighted by Gasteiger charge is 2.09. The molecule has 4 heteroatoms. The first-order valence-electron chi connectivity index (χ1n) is 2.94. The molecule has 0 amide bonds. The predicted molar refractivity (Wildman–Crippen MR) is 40.4 cm³/mol. The third-order valence-electron chi connectivity index (χ3n) is 1.55. The largest absolute Gasteiger partial charge is 0.438 e. The van der Waals surface area contributed by atoms with Gasteiger partial charge in [0.25, 0.3) is 0 Å². The van der Waals surface area contributed by atoms with Crippen molar-refractivity contribution in [3.05, 3.63) is 0 Å². The molecule has 0 fully saturated rings. The highest BCUT2D eigenvalue weighted by atomic mass is 28.2. The van der Waals surface area contributed by atoms with Crippen LogP contribution >= 0.6 is 0 Å². The molecule has 0 aromatic carbocycles. The Morgan fingerprint density at radius 1 is 1.00 bits per heavy atom. The van der Waals surface area contributed by atoms with E-state index in [1.165, 1.54) is 0 Å². The minimum Gasteiger partial charge on any atom is -0.438 e. The normalized spacial score (nSPS) is 21.0. The van der Waals surface area contributed by atoms with Crippen LogP contribution in [0.15, 0.2) is 0 Å². The summed E-state index contributed by atoms with van der Waals surface area (Å²) in [6, 6.07) is 0. The molecule has 0 bridgehead atoms. The van der Waals surface area contributed by atoms with Crippen molar-refractivity contribution >= 4 is 19.5 Å². The van der Waals surface area contributed by atoms with Crippen LogP contribution in [0.1, 0.15) is 13.8 Å². The molecule has 2 N–H and O–H groups in total. The Balaban J connectivity index is 3.29. The van der Waals surface area contributed by atoms with Gasteiger partial charge in [-0.25, -0.2) is 0 Å². The lowest BCUT2D eigenvalue weighted by atomic mass is 10.4. The van der Waals surface area contributed by atoms with E-state index in [0.717, 1.165) is 0 Å². The van der Waals surface area contributed by atoms with E-state index in [4.69, 9.17) is 9.59 Å². The van der Waals surface area contributed by atoms with Crippen molar-refractivity contribution in [1.29, 1.82) is 0 Å². The summed E-state index contributed by atoms with van der Waals surface area (Å²) in [7, 11) is -1.69. The van der Waals surface area contributed by atoms with Crippen LogP contribution in [0.25, 0.3) is 0 Å². The molecule has 50 valence electrons. The fraction of sp³-hybridized carbons (Fsp3) is 1.00. The Kier molecular flexibility index (Phi) is 4.44. The lowest BCUT2D eigenvalue weighted by Gasteiger charge is -2.11. The van der Waals surface area contributed by atoms with Crippen molar-refractivity contribution in [3.8, 4) is 0 Å². The Morgan fingerprint density at radius 3 is 1.38 bits per heavy atom. The van der Waals surface area contributed by atoms with Gasteiger partial charge >= 0.3 is 0 Å². The average molecular weight is 150 g/mol. The summed E-state index contributed by atoms with van der Waals surface area (Å²) in [6.45, 7) is 4.03. The second-order valence-corrected chi connectivity index (χ2v) is 5.63. The lowest BCUT2D eigenvalue weighted by Crippen LogP contribution is -2.09. The van der Waals surface area contributed by atoms with Crippen LogP contribution < -0.4 is 0 Å². The molecule has 2 nitrogen and oxygen atoms in total. The molecule has 0 aliphatic carbocycles. The van der Waals surface area contributed by atoms with E-state index in [1.807, 2.05) is 13.8 Å². The monoisotopic (exact) mass is 150 g/mol. The van der Waals surface area contributed by atoms with Gasteiger partial charge < -0.3 is 9.59 Å². The topological polar surface area (TPSA) is 40.5 Å². The minimum atomic E-state index is -0.845. The van der Waals surface area contributed by atoms with E-state index in [-0.39, 0.29) is 0 Å². The molecule has 0 rings (SSSR count). The van der Waals surface area contributed by atoms with E-state index in [9.17, 15) is 0 Å². The van der Waals surface area contributed by atoms with Crippen LogP contribution in [-0.2, 0) is 0 Å². The molecule has 2 atom stereocenters. The summed E-state index contributed by atoms with van der Waals surface area (Å²) < 4.78 is 0. The summed E-state index contributed by atoms with van der Waals surface area (Å²) in [4.78, 5) is 17.4. The fourth-order valence-electron chi connectivity index (χ4n) is 0.360. The number of hydrogen-bond acceptors (Lipinski definition) is 2. The first kappa shape index (κ1) is 8.35. The van der Waals surface area contributed by atoms with Gasteiger partial charge in [0.1, 0.15) is 0 Å². The quantitative estimate of drug-likeness (QED) is 0.494. The van der Waals surface area contributed by atoms with E-state index in [2.05, 4.69) is 0 Å². The lowest BCUT2D eigenvalue weighted by molar-refractivity contribution is 0.548. The van der Waals surface area contributed by atoms with Gasteiger partial charge in [-0.15, -0.1) is 0 Å². The van der Waals surface area contributed by atoms with Crippen molar-refractivity contribution in [2.24, 2.45) is 0 Å². The van der Waals surface area contributed by atoms with Crippen molar-refractivity contribution in [1.82, 2.24) is 0 Å². The highest BCUT2D eigenvalue weighted by molar-refractivity contribution is 6.35. The average Bonchev–Trinajstić information content (AvgIpc) is 1.84. The second-order valence-electron chi connectivity index (χ2n) is 2.32. The van der Waals surface area contributed by atoms with E-state index in [0.29, 0.717) is 11.1 Å². The van der Waals surface area contributed by atoms with Gasteiger partial charge in [0.2, 0.25) is 0 Å². The molecule has 0 aromatic heterocycles. The van der Waals surface area contributed by atoms with E-state index >= 15 is 0 Å². The molecule has 0 aliphatic heterocycles. The van der Waals surface area contributed by atoms with Crippen molar-refractivity contribution in [2.45, 2.75) is 24.9 Å². The Hall–Kier alpha value is 0.354. The van der Waals surface area contributed by atoms with Crippen LogP contribution in [0.5, 0.6) is 0 Å². The third kappa shape index (κ3) is 2.61. The standard InChI is InChI=1S/C4H14O2Si2/c1-3(7-5)4(2)8-6/h3-6H,7-8H2,1-2H3. The molecule has 0 saturated heterocycles. The number of rotatable bonds is 3. The zero-order chi connectivity index (χ0) is 6.57. The SMILES string of the molecule is CC([SiH2]O)C(C)[SiH2]O. The van der Waals surface area contributed by atoms with Gasteiger partial charge in [0.15, 0.2) is 19.5 Å². The third-order valence-corrected chi connectivity index (χ3v) is 4.98. The van der Waals surface area contributed by atoms with E-state index < -0.39 is 19.5 Å². The van der Waals surface area contributed by atoms with Crippen molar-refractivity contribution < 1.29 is 9.59 Å². The van der Waals surface area contributed by atoms with Crippen LogP contribution in [-0.4, -0.2) is 29.1 Å². The van der Waals surface area contributed by atoms with Gasteiger partial charge in [-0.2, -0.15) is 0 Å². The number of hydrogen-bond donors (Lipinski definition) is 2. The zero-order valence-electron chi connectivity index (χ0n) is 5.46. The van der Waals surface area contributed by atoms with E-state index in [1.54, 1.807) is 0 Å². The van der Waals surface area contributed by atoms with Crippen molar-refractivity contribution in [3.63, 3.8) is 0 Å². The summed E-state index contributed by atoms with van der Waals surface area (Å²) >= 11 is 0. The van der Waals surface area contributed by atoms with Crippen LogP contribution in [0.3, 0.4) is 0 Å². The maximum absolute atomic E-state index is 8.69. The van der Waals surface area contributed by atoms with Gasteiger partial charge in [0, 0.05) is 0 Å². The van der Waals surface area contributed by atoms with Gasteiger partial charge in [-0.05, 0) is 11.1 Å². The molecule has 0 radical (unpaired) electrons. The zero-order valence-corrected chi connectivity index (χ0v) is 8.29. The molecule has 0 saturated carbocycles. The Labute approximate surface area is 54.8 Å². The highest BCUT2D eigenvalue weighted by Crippen LogP contribution is 2.18. The Bertz CT molecular complexity index is 52.0. The second kappa shape index (κ2) is 4.25. The Morgan fingerprint density at radius 2 is 1.25 bits per heavy atom. The maximum atomic E-state index is 8.69. The molecular formula is C4H14O2Si2. The summed E-state index contributed by atoms with van der Waals surface area (Å²) in [5.41, 5.74) is 0.846. The van der Waals surface area contributed by atoms with Crippen LogP contribution in [0.2, 0.25) is 11.1 Å². The van der Waals surface area contributed by atoms with Crippen LogP contribution in [0.4, 0.5) is 0 Å². The molecule has 2 unspecified atom stereocenters. The summed E-state index contributed by atoms with van der Waals surface area (Å²) in [5.74, 6) is 0. The van der Waals surface area contributed by atoms with Gasteiger partial charge in [0.05, 0.1) is 0 Å². The predicted octanol–water partition coefficient (Wildman–Crippen LogP) is -1.24. The molecular weight excluding hydrogens is 136 g/mol. The summed E-state index contributed by atoms with van der Waals surface area (Å²) in [6.07, 6.45) is 0. The maximum Gasteiger partial charge on any atom is 0.159 e. The fourth-order valence-corrected chi connectivity index (χ4v) is 1.97. The van der Waals surface area contributed by atoms with Crippen molar-refractivity contribution in [2.75, 3.05) is 0 Å². The van der Waals surface area contributed by atoms with Gasteiger partial charge in [-0.1, -0.05) is 13.8 Å². The minimum absolute atomic E-state index is 0.423. The van der Waals surface area contributed by atoms with Crippen LogP contribution in [0, 0.1) is 0 Å². The molecule has 0 aliphatic rings. The smallest absolute Gasteiger partial charge is 0.159 e. The molecule has 8 heavy (non-hydrogen) atoms. The first-order chi connectivity index (χ1) is 3.72. The van der Waals surface area contributed by atoms with Gasteiger partial charge in [-0.3, -0.25) is 0 Å². The first-order valence-corrected chi connectivity index (χ1v) is 5.83. The molecule has 0 spiro atoms.